The molecule has 3 rings (SSSR count). The van der Waals surface area contributed by atoms with Crippen LogP contribution in [0.3, 0.4) is 0 Å². The highest BCUT2D eigenvalue weighted by Gasteiger charge is 2.31. The molecule has 3 aromatic carbocycles. The fourth-order valence-corrected chi connectivity index (χ4v) is 7.02. The first-order valence-electron chi connectivity index (χ1n) is 8.98. The van der Waals surface area contributed by atoms with Gasteiger partial charge in [0.1, 0.15) is 0 Å². The second-order valence-corrected chi connectivity index (χ2v) is 12.1. The maximum atomic E-state index is 10.2. The summed E-state index contributed by atoms with van der Waals surface area (Å²) in [6, 6.07) is 0. The molecule has 0 aromatic heterocycles. The summed E-state index contributed by atoms with van der Waals surface area (Å²) in [6.45, 7) is 0. The summed E-state index contributed by atoms with van der Waals surface area (Å²) >= 11 is 90.4. The molecule has 1 N–H and O–H groups in total. The van der Waals surface area contributed by atoms with Gasteiger partial charge in [-0.2, -0.15) is 0 Å². The van der Waals surface area contributed by atoms with Crippen LogP contribution >= 0.6 is 162 Å². The van der Waals surface area contributed by atoms with Crippen molar-refractivity contribution in [3.63, 3.8) is 0 Å². The van der Waals surface area contributed by atoms with Crippen molar-refractivity contribution >= 4 is 174 Å². The predicted octanol–water partition coefficient (Wildman–Crippen LogP) is 12.4. The fraction of sp³-hybridized carbons (Fsp3) is 0.0476. The normalized spacial score (nSPS) is 11.2. The Morgan fingerprint density at radius 2 is 0.649 bits per heavy atom. The molecule has 0 bridgehead atoms. The zero-order valence-corrected chi connectivity index (χ0v) is 27.7. The van der Waals surface area contributed by atoms with Crippen LogP contribution in [0.15, 0.2) is 0 Å². The fourth-order valence-electron chi connectivity index (χ4n) is 3.16. The number of aliphatic hydroxyl groups excluding tert-OH is 1. The van der Waals surface area contributed by atoms with Gasteiger partial charge >= 0.3 is 0 Å². The highest BCUT2D eigenvalue weighted by atomic mass is 35.5. The molecule has 0 spiro atoms. The van der Waals surface area contributed by atoms with E-state index in [1.54, 1.807) is 0 Å². The molecule has 0 fully saturated rings. The third-order valence-electron chi connectivity index (χ3n) is 4.84. The topological polar surface area (TPSA) is 29.5 Å². The van der Waals surface area contributed by atoms with Crippen molar-refractivity contribution in [3.8, 4) is 0 Å². The van der Waals surface area contributed by atoms with Crippen LogP contribution in [0.25, 0.3) is 11.5 Å². The van der Waals surface area contributed by atoms with E-state index >= 15 is 0 Å². The van der Waals surface area contributed by atoms with Crippen LogP contribution in [0, 0.1) is 0 Å². The number of benzene rings is 3. The Kier molecular flexibility index (Phi) is 11.0. The Labute approximate surface area is 279 Å². The number of ether oxygens (including phenoxy) is 1. The smallest absolute Gasteiger partial charge is 0.287 e. The Balaban J connectivity index is 2.90. The van der Waals surface area contributed by atoms with Crippen LogP contribution in [0.5, 0.6) is 0 Å². The van der Waals surface area contributed by atoms with E-state index in [-0.39, 0.29) is 97.5 Å². The summed E-state index contributed by atoms with van der Waals surface area (Å²) in [5.74, 6) is -0.672. The second-order valence-electron chi connectivity index (χ2n) is 6.78. The molecule has 198 valence electrons. The molecule has 2 nitrogen and oxygen atoms in total. The zero-order chi connectivity index (χ0) is 28.3. The highest BCUT2D eigenvalue weighted by Crippen LogP contribution is 2.52. The molecule has 0 unspecified atom stereocenters. The van der Waals surface area contributed by atoms with E-state index in [1.165, 1.54) is 7.11 Å². The van der Waals surface area contributed by atoms with E-state index in [0.29, 0.717) is 0 Å². The molecule has 0 heterocycles. The summed E-state index contributed by atoms with van der Waals surface area (Å²) < 4.78 is 4.84. The van der Waals surface area contributed by atoms with Crippen molar-refractivity contribution in [1.29, 1.82) is 0 Å². The lowest BCUT2D eigenvalue weighted by Gasteiger charge is -2.21. The SMILES string of the molecule is COC(O)=c1c(Cl)c(Cl)c(=C(c2c(Cl)c(Cl)c(Cl)c(Cl)c2Cl)c2c(Cl)c(Cl)c(Cl)c(Cl)c2Cl)c(Cl)c1Cl. The minimum Gasteiger partial charge on any atom is -0.480 e. The Hall–Kier alpha value is 1.06. The second kappa shape index (κ2) is 12.5. The molecule has 0 amide bonds. The van der Waals surface area contributed by atoms with Crippen LogP contribution in [0.1, 0.15) is 11.1 Å². The first-order chi connectivity index (χ1) is 17.1. The van der Waals surface area contributed by atoms with E-state index in [2.05, 4.69) is 0 Å². The first kappa shape index (κ1) is 32.6. The summed E-state index contributed by atoms with van der Waals surface area (Å²) in [7, 11) is 1.17. The Morgan fingerprint density at radius 3 is 0.919 bits per heavy atom. The molecule has 16 heteroatoms. The average molecular weight is 785 g/mol. The number of methoxy groups -OCH3 is 1. The maximum Gasteiger partial charge on any atom is 0.287 e. The van der Waals surface area contributed by atoms with E-state index in [1.807, 2.05) is 0 Å². The van der Waals surface area contributed by atoms with Gasteiger partial charge in [-0.05, 0) is 0 Å². The first-order valence-corrected chi connectivity index (χ1v) is 14.3. The maximum absolute atomic E-state index is 10.2. The van der Waals surface area contributed by atoms with Crippen LogP contribution < -0.4 is 10.4 Å². The van der Waals surface area contributed by atoms with Crippen LogP contribution in [-0.4, -0.2) is 12.2 Å². The van der Waals surface area contributed by atoms with Crippen molar-refractivity contribution in [1.82, 2.24) is 0 Å². The van der Waals surface area contributed by atoms with Gasteiger partial charge < -0.3 is 9.84 Å². The van der Waals surface area contributed by atoms with E-state index in [0.717, 1.165) is 0 Å². The molecular weight excluding hydrogens is 781 g/mol. The van der Waals surface area contributed by atoms with Gasteiger partial charge in [0.2, 0.25) is 0 Å². The minimum absolute atomic E-state index is 0.0929. The molecule has 0 aliphatic rings. The molecule has 0 radical (unpaired) electrons. The predicted molar refractivity (Wildman–Crippen MR) is 163 cm³/mol. The number of aliphatic hydroxyl groups is 1. The Bertz CT molecular complexity index is 1450. The Morgan fingerprint density at radius 1 is 0.405 bits per heavy atom. The van der Waals surface area contributed by atoms with Crippen molar-refractivity contribution in [3.05, 3.63) is 91.9 Å². The van der Waals surface area contributed by atoms with Gasteiger partial charge in [-0.15, -0.1) is 0 Å². The molecule has 0 aliphatic heterocycles. The lowest BCUT2D eigenvalue weighted by molar-refractivity contribution is 0.231. The number of rotatable bonds is 3. The average Bonchev–Trinajstić information content (AvgIpc) is 2.87. The van der Waals surface area contributed by atoms with Crippen molar-refractivity contribution in [2.45, 2.75) is 0 Å². The minimum atomic E-state index is -0.672. The number of hydrogen-bond donors (Lipinski definition) is 1. The largest absolute Gasteiger partial charge is 0.480 e. The molecule has 0 aliphatic carbocycles. The van der Waals surface area contributed by atoms with Gasteiger partial charge in [0.15, 0.2) is 0 Å². The van der Waals surface area contributed by atoms with Gasteiger partial charge in [0.25, 0.3) is 5.95 Å². The molecule has 37 heavy (non-hydrogen) atoms. The summed E-state index contributed by atoms with van der Waals surface area (Å²) in [5, 5.41) is 6.91. The molecule has 0 saturated heterocycles. The van der Waals surface area contributed by atoms with Crippen LogP contribution in [-0.2, 0) is 4.74 Å². The van der Waals surface area contributed by atoms with Crippen molar-refractivity contribution < 1.29 is 9.84 Å². The summed E-state index contributed by atoms with van der Waals surface area (Å²) in [4.78, 5) is 0. The number of hydrogen-bond acceptors (Lipinski definition) is 2. The van der Waals surface area contributed by atoms with Gasteiger partial charge in [0.05, 0.1) is 82.6 Å². The monoisotopic (exact) mass is 778 g/mol. The van der Waals surface area contributed by atoms with Crippen molar-refractivity contribution in [2.75, 3.05) is 7.11 Å². The van der Waals surface area contributed by atoms with E-state index in [4.69, 9.17) is 167 Å². The lowest BCUT2D eigenvalue weighted by atomic mass is 9.94. The zero-order valence-electron chi connectivity index (χ0n) is 17.1. The molecule has 0 atom stereocenters. The summed E-state index contributed by atoms with van der Waals surface area (Å²) in [5.41, 5.74) is -0.289. The van der Waals surface area contributed by atoms with Crippen LogP contribution in [0.4, 0.5) is 0 Å². The van der Waals surface area contributed by atoms with Gasteiger partial charge in [-0.25, -0.2) is 0 Å². The summed E-state index contributed by atoms with van der Waals surface area (Å²) in [6.07, 6.45) is 0. The van der Waals surface area contributed by atoms with Gasteiger partial charge in [-0.3, -0.25) is 0 Å². The number of halogens is 14. The standard InChI is InChI=1S/C21H4Cl14O2/c1-37-21(36)6-13(28)7(22)3(8(23)14(6)29)2(4-9(24)15(30)19(34)16(31)10(4)25)5-11(26)17(32)20(35)18(33)12(5)27/h36H,1H3. The third-order valence-corrected chi connectivity index (χ3v) is 11.1. The molecule has 0 saturated carbocycles. The molecular formula is C21H4Cl14O2. The lowest BCUT2D eigenvalue weighted by Crippen LogP contribution is -2.22. The third kappa shape index (κ3) is 5.49. The highest BCUT2D eigenvalue weighted by molar-refractivity contribution is 6.58. The molecule has 3 aromatic rings. The quantitative estimate of drug-likeness (QED) is 0.212. The van der Waals surface area contributed by atoms with Gasteiger partial charge in [0, 0.05) is 21.9 Å². The van der Waals surface area contributed by atoms with Crippen molar-refractivity contribution in [2.24, 2.45) is 0 Å². The van der Waals surface area contributed by atoms with E-state index < -0.39 is 5.95 Å². The van der Waals surface area contributed by atoms with Gasteiger partial charge in [-0.1, -0.05) is 162 Å². The van der Waals surface area contributed by atoms with Crippen LogP contribution in [0.2, 0.25) is 70.3 Å². The van der Waals surface area contributed by atoms with E-state index in [9.17, 15) is 5.11 Å².